The molecule has 1 fully saturated rings. The molecule has 0 saturated carbocycles. The third-order valence-electron chi connectivity index (χ3n) is 5.88. The standard InChI is InChI=1S/C24H29N5O2/c1-4-31-24(30)23-17(2)19-10-5-6-11-20(19)26-21(23)16-28(3)15-18-9-8-14-29(18)22-12-7-13-25-27-22/h5-7,10-13,18H,4,8-9,14-16H2,1-3H3. The van der Waals surface area contributed by atoms with Crippen molar-refractivity contribution < 1.29 is 9.53 Å². The number of nitrogens with zero attached hydrogens (tertiary/aromatic N) is 5. The van der Waals surface area contributed by atoms with E-state index in [9.17, 15) is 4.79 Å². The van der Waals surface area contributed by atoms with Crippen LogP contribution >= 0.6 is 0 Å². The van der Waals surface area contributed by atoms with Crippen LogP contribution in [0.15, 0.2) is 42.6 Å². The van der Waals surface area contributed by atoms with Gasteiger partial charge in [-0.25, -0.2) is 4.79 Å². The van der Waals surface area contributed by atoms with Crippen molar-refractivity contribution in [2.24, 2.45) is 0 Å². The summed E-state index contributed by atoms with van der Waals surface area (Å²) in [5, 5.41) is 9.31. The van der Waals surface area contributed by atoms with Crippen LogP contribution in [0.25, 0.3) is 10.9 Å². The van der Waals surface area contributed by atoms with Gasteiger partial charge in [0.15, 0.2) is 5.82 Å². The van der Waals surface area contributed by atoms with E-state index in [1.54, 1.807) is 6.20 Å². The number of esters is 1. The number of rotatable bonds is 7. The van der Waals surface area contributed by atoms with Gasteiger partial charge in [0, 0.05) is 37.3 Å². The molecule has 2 aromatic heterocycles. The quantitative estimate of drug-likeness (QED) is 0.542. The van der Waals surface area contributed by atoms with Gasteiger partial charge in [-0.1, -0.05) is 18.2 Å². The Labute approximate surface area is 183 Å². The number of pyridine rings is 1. The van der Waals surface area contributed by atoms with Crippen molar-refractivity contribution in [2.45, 2.75) is 39.3 Å². The molecule has 7 nitrogen and oxygen atoms in total. The molecule has 0 aliphatic carbocycles. The van der Waals surface area contributed by atoms with E-state index >= 15 is 0 Å². The second kappa shape index (κ2) is 9.39. The molecule has 1 aliphatic heterocycles. The molecule has 0 spiro atoms. The van der Waals surface area contributed by atoms with Crippen LogP contribution in [0.2, 0.25) is 0 Å². The van der Waals surface area contributed by atoms with Gasteiger partial charge in [0.05, 0.1) is 23.4 Å². The second-order valence-electron chi connectivity index (χ2n) is 8.06. The van der Waals surface area contributed by atoms with Gasteiger partial charge in [0.1, 0.15) is 0 Å². The van der Waals surface area contributed by atoms with Gasteiger partial charge in [0.2, 0.25) is 0 Å². The smallest absolute Gasteiger partial charge is 0.340 e. The van der Waals surface area contributed by atoms with Crippen molar-refractivity contribution in [1.82, 2.24) is 20.1 Å². The molecule has 31 heavy (non-hydrogen) atoms. The second-order valence-corrected chi connectivity index (χ2v) is 8.06. The summed E-state index contributed by atoms with van der Waals surface area (Å²) in [5.74, 6) is 0.619. The van der Waals surface area contributed by atoms with Crippen LogP contribution < -0.4 is 4.90 Å². The molecule has 0 radical (unpaired) electrons. The number of anilines is 1. The number of benzene rings is 1. The van der Waals surface area contributed by atoms with Crippen molar-refractivity contribution in [2.75, 3.05) is 31.6 Å². The number of fused-ring (bicyclic) bond motifs is 1. The van der Waals surface area contributed by atoms with Crippen molar-refractivity contribution in [3.8, 4) is 0 Å². The van der Waals surface area contributed by atoms with E-state index in [4.69, 9.17) is 9.72 Å². The van der Waals surface area contributed by atoms with Gasteiger partial charge in [-0.2, -0.15) is 5.10 Å². The van der Waals surface area contributed by atoms with Gasteiger partial charge >= 0.3 is 5.97 Å². The zero-order chi connectivity index (χ0) is 21.8. The molecular weight excluding hydrogens is 390 g/mol. The molecule has 0 bridgehead atoms. The fourth-order valence-electron chi connectivity index (χ4n) is 4.48. The van der Waals surface area contributed by atoms with Crippen LogP contribution in [-0.2, 0) is 11.3 Å². The number of hydrogen-bond donors (Lipinski definition) is 0. The molecule has 1 saturated heterocycles. The van der Waals surface area contributed by atoms with E-state index in [0.29, 0.717) is 24.8 Å². The largest absolute Gasteiger partial charge is 0.462 e. The SMILES string of the molecule is CCOC(=O)c1c(CN(C)CC2CCCN2c2cccnn2)nc2ccccc2c1C. The summed E-state index contributed by atoms with van der Waals surface area (Å²) in [6.45, 7) is 6.56. The van der Waals surface area contributed by atoms with Crippen LogP contribution in [0.1, 0.15) is 41.4 Å². The van der Waals surface area contributed by atoms with E-state index < -0.39 is 0 Å². The first kappa shape index (κ1) is 21.2. The van der Waals surface area contributed by atoms with Gasteiger partial charge < -0.3 is 9.64 Å². The fourth-order valence-corrected chi connectivity index (χ4v) is 4.48. The highest BCUT2D eigenvalue weighted by Gasteiger charge is 2.28. The minimum Gasteiger partial charge on any atom is -0.462 e. The summed E-state index contributed by atoms with van der Waals surface area (Å²) in [6, 6.07) is 12.2. The lowest BCUT2D eigenvalue weighted by Crippen LogP contribution is -2.39. The van der Waals surface area contributed by atoms with Gasteiger partial charge in [-0.3, -0.25) is 9.88 Å². The van der Waals surface area contributed by atoms with Gasteiger partial charge in [0.25, 0.3) is 0 Å². The van der Waals surface area contributed by atoms with Crippen molar-refractivity contribution in [3.05, 3.63) is 59.4 Å². The molecule has 0 N–H and O–H groups in total. The Morgan fingerprint density at radius 1 is 1.26 bits per heavy atom. The van der Waals surface area contributed by atoms with Crippen LogP contribution in [-0.4, -0.2) is 58.8 Å². The van der Waals surface area contributed by atoms with Gasteiger partial charge in [-0.05, 0) is 57.5 Å². The molecule has 4 rings (SSSR count). The number of carbonyl (C=O) groups excluding carboxylic acids is 1. The Morgan fingerprint density at radius 3 is 2.87 bits per heavy atom. The summed E-state index contributed by atoms with van der Waals surface area (Å²) in [5.41, 5.74) is 3.18. The Balaban J connectivity index is 1.58. The topological polar surface area (TPSA) is 71.5 Å². The molecular formula is C24H29N5O2. The number of hydrogen-bond acceptors (Lipinski definition) is 7. The van der Waals surface area contributed by atoms with Gasteiger partial charge in [-0.15, -0.1) is 5.10 Å². The van der Waals surface area contributed by atoms with E-state index in [1.807, 2.05) is 50.2 Å². The number of aromatic nitrogens is 3. The Morgan fingerprint density at radius 2 is 2.10 bits per heavy atom. The van der Waals surface area contributed by atoms with Crippen molar-refractivity contribution >= 4 is 22.7 Å². The van der Waals surface area contributed by atoms with E-state index in [0.717, 1.165) is 53.9 Å². The molecule has 0 amide bonds. The minimum atomic E-state index is -0.302. The summed E-state index contributed by atoms with van der Waals surface area (Å²) < 4.78 is 5.37. The highest BCUT2D eigenvalue weighted by molar-refractivity contribution is 5.98. The van der Waals surface area contributed by atoms with E-state index in [2.05, 4.69) is 27.0 Å². The van der Waals surface area contributed by atoms with Crippen molar-refractivity contribution in [1.29, 1.82) is 0 Å². The molecule has 1 unspecified atom stereocenters. The maximum Gasteiger partial charge on any atom is 0.340 e. The number of aryl methyl sites for hydroxylation is 1. The number of ether oxygens (including phenoxy) is 1. The molecule has 7 heteroatoms. The Hall–Kier alpha value is -3.06. The first-order chi connectivity index (χ1) is 15.1. The molecule has 3 aromatic rings. The monoisotopic (exact) mass is 419 g/mol. The summed E-state index contributed by atoms with van der Waals surface area (Å²) in [4.78, 5) is 22.2. The maximum atomic E-state index is 12.8. The predicted molar refractivity (Wildman–Crippen MR) is 121 cm³/mol. The number of para-hydroxylation sites is 1. The maximum absolute atomic E-state index is 12.8. The van der Waals surface area contributed by atoms with Crippen LogP contribution in [0.3, 0.4) is 0 Å². The summed E-state index contributed by atoms with van der Waals surface area (Å²) in [7, 11) is 2.08. The zero-order valence-electron chi connectivity index (χ0n) is 18.4. The molecule has 1 aliphatic rings. The first-order valence-electron chi connectivity index (χ1n) is 10.9. The summed E-state index contributed by atoms with van der Waals surface area (Å²) in [6.07, 6.45) is 3.94. The van der Waals surface area contributed by atoms with E-state index in [-0.39, 0.29) is 5.97 Å². The molecule has 3 heterocycles. The Kier molecular flexibility index (Phi) is 6.42. The first-order valence-corrected chi connectivity index (χ1v) is 10.9. The lowest BCUT2D eigenvalue weighted by Gasteiger charge is -2.29. The highest BCUT2D eigenvalue weighted by atomic mass is 16.5. The molecule has 1 aromatic carbocycles. The number of carbonyl (C=O) groups is 1. The van der Waals surface area contributed by atoms with E-state index in [1.165, 1.54) is 0 Å². The van der Waals surface area contributed by atoms with Crippen molar-refractivity contribution in [3.63, 3.8) is 0 Å². The lowest BCUT2D eigenvalue weighted by molar-refractivity contribution is 0.0522. The molecule has 1 atom stereocenters. The number of likely N-dealkylation sites (N-methyl/N-ethyl adjacent to an activating group) is 1. The minimum absolute atomic E-state index is 0.302. The third kappa shape index (κ3) is 4.51. The Bertz CT molecular complexity index is 1060. The molecule has 162 valence electrons. The lowest BCUT2D eigenvalue weighted by atomic mass is 10.0. The van der Waals surface area contributed by atoms with Crippen LogP contribution in [0.4, 0.5) is 5.82 Å². The highest BCUT2D eigenvalue weighted by Crippen LogP contribution is 2.26. The summed E-state index contributed by atoms with van der Waals surface area (Å²) >= 11 is 0. The average Bonchev–Trinajstić information content (AvgIpc) is 3.22. The normalized spacial score (nSPS) is 16.3. The zero-order valence-corrected chi connectivity index (χ0v) is 18.4. The average molecular weight is 420 g/mol. The third-order valence-corrected chi connectivity index (χ3v) is 5.88. The fraction of sp³-hybridized carbons (Fsp3) is 0.417. The predicted octanol–water partition coefficient (Wildman–Crippen LogP) is 3.61. The van der Waals surface area contributed by atoms with Crippen LogP contribution in [0, 0.1) is 6.92 Å². The van der Waals surface area contributed by atoms with Crippen LogP contribution in [0.5, 0.6) is 0 Å².